The summed E-state index contributed by atoms with van der Waals surface area (Å²) in [6, 6.07) is 0. The molecule has 1 unspecified atom stereocenters. The second-order valence-electron chi connectivity index (χ2n) is 4.57. The number of allylic oxidation sites excluding steroid dienone is 2. The lowest BCUT2D eigenvalue weighted by molar-refractivity contribution is 0.105. The lowest BCUT2D eigenvalue weighted by Crippen LogP contribution is -2.24. The van der Waals surface area contributed by atoms with Crippen molar-refractivity contribution in [2.24, 2.45) is 10.6 Å². The van der Waals surface area contributed by atoms with Gasteiger partial charge in [0, 0.05) is 17.4 Å². The second kappa shape index (κ2) is 2.72. The van der Waals surface area contributed by atoms with Gasteiger partial charge in [0.1, 0.15) is 0 Å². The van der Waals surface area contributed by atoms with Crippen LogP contribution in [0, 0.1) is 5.41 Å². The van der Waals surface area contributed by atoms with Crippen LogP contribution in [0.15, 0.2) is 29.0 Å². The van der Waals surface area contributed by atoms with E-state index >= 15 is 0 Å². The molecule has 0 spiro atoms. The lowest BCUT2D eigenvalue weighted by atomic mass is 9.82. The number of fused-ring (bicyclic) bond motifs is 1. The highest BCUT2D eigenvalue weighted by Crippen LogP contribution is 2.32. The monoisotopic (exact) mass is 177 g/mol. The van der Waals surface area contributed by atoms with Crippen molar-refractivity contribution in [1.29, 1.82) is 0 Å². The van der Waals surface area contributed by atoms with Gasteiger partial charge in [0.05, 0.1) is 5.71 Å². The first-order chi connectivity index (χ1) is 6.09. The van der Waals surface area contributed by atoms with Gasteiger partial charge < -0.3 is 4.84 Å². The van der Waals surface area contributed by atoms with Crippen LogP contribution in [0.3, 0.4) is 0 Å². The van der Waals surface area contributed by atoms with Gasteiger partial charge in [0.2, 0.25) is 0 Å². The Morgan fingerprint density at radius 2 is 2.23 bits per heavy atom. The van der Waals surface area contributed by atoms with E-state index < -0.39 is 0 Å². The van der Waals surface area contributed by atoms with Crippen LogP contribution in [-0.4, -0.2) is 11.8 Å². The molecule has 0 fully saturated rings. The SMILES string of the molecule is CC(C)(C)C1=NOC2CC=CC=C12. The van der Waals surface area contributed by atoms with E-state index in [1.165, 1.54) is 5.57 Å². The number of rotatable bonds is 0. The number of hydrogen-bond acceptors (Lipinski definition) is 2. The Balaban J connectivity index is 2.32. The van der Waals surface area contributed by atoms with E-state index in [-0.39, 0.29) is 11.5 Å². The summed E-state index contributed by atoms with van der Waals surface area (Å²) in [6.45, 7) is 6.49. The molecule has 1 heterocycles. The molecule has 0 bridgehead atoms. The molecule has 0 radical (unpaired) electrons. The molecule has 70 valence electrons. The molecule has 0 saturated heterocycles. The second-order valence-corrected chi connectivity index (χ2v) is 4.57. The molecule has 0 amide bonds. The number of nitrogens with zero attached hydrogens (tertiary/aromatic N) is 1. The van der Waals surface area contributed by atoms with Gasteiger partial charge in [-0.05, 0) is 0 Å². The Morgan fingerprint density at radius 1 is 1.46 bits per heavy atom. The molecule has 0 aromatic heterocycles. The van der Waals surface area contributed by atoms with Crippen LogP contribution in [0.1, 0.15) is 27.2 Å². The highest BCUT2D eigenvalue weighted by molar-refractivity contribution is 6.05. The Hall–Kier alpha value is -1.05. The zero-order valence-electron chi connectivity index (χ0n) is 8.37. The Morgan fingerprint density at radius 3 is 2.92 bits per heavy atom. The van der Waals surface area contributed by atoms with Crippen LogP contribution >= 0.6 is 0 Å². The van der Waals surface area contributed by atoms with Crippen molar-refractivity contribution < 1.29 is 4.84 Å². The average Bonchev–Trinajstić information content (AvgIpc) is 2.45. The van der Waals surface area contributed by atoms with E-state index in [0.29, 0.717) is 0 Å². The first-order valence-corrected chi connectivity index (χ1v) is 4.70. The van der Waals surface area contributed by atoms with Gasteiger partial charge in [-0.1, -0.05) is 44.2 Å². The Kier molecular flexibility index (Phi) is 1.79. The largest absolute Gasteiger partial charge is 0.387 e. The molecular weight excluding hydrogens is 162 g/mol. The van der Waals surface area contributed by atoms with Crippen LogP contribution in [0.4, 0.5) is 0 Å². The molecule has 2 aliphatic rings. The maximum Gasteiger partial charge on any atom is 0.157 e. The van der Waals surface area contributed by atoms with E-state index in [1.54, 1.807) is 0 Å². The van der Waals surface area contributed by atoms with Crippen molar-refractivity contribution in [2.45, 2.75) is 33.3 Å². The number of oxime groups is 1. The fourth-order valence-corrected chi connectivity index (χ4v) is 1.68. The molecule has 1 aliphatic heterocycles. The zero-order valence-corrected chi connectivity index (χ0v) is 8.37. The van der Waals surface area contributed by atoms with Gasteiger partial charge in [-0.15, -0.1) is 0 Å². The minimum atomic E-state index is 0.0891. The average molecular weight is 177 g/mol. The van der Waals surface area contributed by atoms with Crippen LogP contribution in [0.5, 0.6) is 0 Å². The normalized spacial score (nSPS) is 26.2. The van der Waals surface area contributed by atoms with Gasteiger partial charge in [0.15, 0.2) is 6.10 Å². The van der Waals surface area contributed by atoms with Gasteiger partial charge in [-0.3, -0.25) is 0 Å². The van der Waals surface area contributed by atoms with Gasteiger partial charge in [-0.2, -0.15) is 0 Å². The molecule has 2 nitrogen and oxygen atoms in total. The predicted molar refractivity (Wildman–Crippen MR) is 53.6 cm³/mol. The number of hydrogen-bond donors (Lipinski definition) is 0. The molecule has 1 aliphatic carbocycles. The zero-order chi connectivity index (χ0) is 9.47. The summed E-state index contributed by atoms with van der Waals surface area (Å²) in [5.41, 5.74) is 2.45. The third-order valence-corrected chi connectivity index (χ3v) is 2.36. The maximum atomic E-state index is 5.36. The van der Waals surface area contributed by atoms with Crippen molar-refractivity contribution in [2.75, 3.05) is 0 Å². The standard InChI is InChI=1S/C11H15NO/c1-11(2,3)10-8-6-4-5-7-9(8)13-12-10/h4-6,9H,7H2,1-3H3. The van der Waals surface area contributed by atoms with Gasteiger partial charge >= 0.3 is 0 Å². The molecule has 0 N–H and O–H groups in total. The molecule has 2 heteroatoms. The van der Waals surface area contributed by atoms with Crippen molar-refractivity contribution in [3.8, 4) is 0 Å². The van der Waals surface area contributed by atoms with E-state index in [9.17, 15) is 0 Å². The van der Waals surface area contributed by atoms with E-state index in [2.05, 4.69) is 44.2 Å². The lowest BCUT2D eigenvalue weighted by Gasteiger charge is -2.20. The van der Waals surface area contributed by atoms with Gasteiger partial charge in [0.25, 0.3) is 0 Å². The van der Waals surface area contributed by atoms with Crippen molar-refractivity contribution in [3.63, 3.8) is 0 Å². The highest BCUT2D eigenvalue weighted by Gasteiger charge is 2.34. The Bertz CT molecular complexity index is 305. The summed E-state index contributed by atoms with van der Waals surface area (Å²) in [6.07, 6.45) is 7.45. The third-order valence-electron chi connectivity index (χ3n) is 2.36. The van der Waals surface area contributed by atoms with Crippen molar-refractivity contribution in [3.05, 3.63) is 23.8 Å². The smallest absolute Gasteiger partial charge is 0.157 e. The quantitative estimate of drug-likeness (QED) is 0.557. The fraction of sp³-hybridized carbons (Fsp3) is 0.545. The molecule has 0 aromatic carbocycles. The predicted octanol–water partition coefficient (Wildman–Crippen LogP) is 2.67. The molecule has 0 saturated carbocycles. The van der Waals surface area contributed by atoms with Crippen LogP contribution < -0.4 is 0 Å². The van der Waals surface area contributed by atoms with E-state index in [1.807, 2.05) is 0 Å². The van der Waals surface area contributed by atoms with Crippen LogP contribution in [-0.2, 0) is 4.84 Å². The Labute approximate surface area is 79.0 Å². The van der Waals surface area contributed by atoms with Crippen molar-refractivity contribution >= 4 is 5.71 Å². The minimum Gasteiger partial charge on any atom is -0.387 e. The van der Waals surface area contributed by atoms with Crippen LogP contribution in [0.2, 0.25) is 0 Å². The molecular formula is C11H15NO. The summed E-state index contributed by atoms with van der Waals surface area (Å²) in [7, 11) is 0. The summed E-state index contributed by atoms with van der Waals surface area (Å²) in [4.78, 5) is 5.36. The third kappa shape index (κ3) is 1.41. The first kappa shape index (κ1) is 8.54. The molecule has 2 rings (SSSR count). The van der Waals surface area contributed by atoms with E-state index in [4.69, 9.17) is 4.84 Å². The maximum absolute atomic E-state index is 5.36. The molecule has 1 atom stereocenters. The molecule has 13 heavy (non-hydrogen) atoms. The topological polar surface area (TPSA) is 21.6 Å². The van der Waals surface area contributed by atoms with Crippen molar-refractivity contribution in [1.82, 2.24) is 0 Å². The van der Waals surface area contributed by atoms with Gasteiger partial charge in [-0.25, -0.2) is 0 Å². The fourth-order valence-electron chi connectivity index (χ4n) is 1.68. The summed E-state index contributed by atoms with van der Waals surface area (Å²) in [5.74, 6) is 0. The van der Waals surface area contributed by atoms with Crippen LogP contribution in [0.25, 0.3) is 0 Å². The summed E-state index contributed by atoms with van der Waals surface area (Å²) >= 11 is 0. The van der Waals surface area contributed by atoms with E-state index in [0.717, 1.165) is 12.1 Å². The first-order valence-electron chi connectivity index (χ1n) is 4.70. The summed E-state index contributed by atoms with van der Waals surface area (Å²) < 4.78 is 0. The summed E-state index contributed by atoms with van der Waals surface area (Å²) in [5, 5.41) is 4.16. The minimum absolute atomic E-state index is 0.0891. The molecule has 0 aromatic rings. The highest BCUT2D eigenvalue weighted by atomic mass is 16.6.